The fourth-order valence-corrected chi connectivity index (χ4v) is 15.8. The van der Waals surface area contributed by atoms with Crippen LogP contribution in [0.4, 0.5) is 0 Å². The van der Waals surface area contributed by atoms with Crippen molar-refractivity contribution >= 4 is 0 Å². The SMILES string of the molecule is CC(C)(O)[C@@H]1CC[C@](C)([C@H]2[C@@H](O)C[C@@]3(C)[C@@H]4C[C@H](OC5OCC(O)C(O)C5O)C5C(C)(C)[C@@H](OC6OCC(O)C(O)C6OC6OCC(O)C(O)C6O)CC[C@@]56C[C@@]46CC[C@]23C)O1. The van der Waals surface area contributed by atoms with Gasteiger partial charge < -0.3 is 84.2 Å². The number of aliphatic hydroxyl groups is 10. The molecule has 0 aromatic heterocycles. The Labute approximate surface area is 363 Å². The van der Waals surface area contributed by atoms with E-state index in [1.807, 2.05) is 0 Å². The van der Waals surface area contributed by atoms with Crippen LogP contribution in [-0.2, 0) is 33.2 Å². The van der Waals surface area contributed by atoms with Gasteiger partial charge in [0.15, 0.2) is 18.9 Å². The zero-order valence-electron chi connectivity index (χ0n) is 37.3. The highest BCUT2D eigenvalue weighted by atomic mass is 16.8. The van der Waals surface area contributed by atoms with Gasteiger partial charge in [-0.1, -0.05) is 27.7 Å². The first-order chi connectivity index (χ1) is 28.8. The summed E-state index contributed by atoms with van der Waals surface area (Å²) in [5.74, 6) is -0.256. The highest BCUT2D eigenvalue weighted by Crippen LogP contribution is 2.89. The van der Waals surface area contributed by atoms with Crippen molar-refractivity contribution in [3.8, 4) is 0 Å². The lowest BCUT2D eigenvalue weighted by molar-refractivity contribution is -0.359. The summed E-state index contributed by atoms with van der Waals surface area (Å²) in [6.45, 7) is 13.8. The molecule has 4 heterocycles. The Morgan fingerprint density at radius 2 is 1.15 bits per heavy atom. The molecule has 2 spiro atoms. The summed E-state index contributed by atoms with van der Waals surface area (Å²) >= 11 is 0. The fraction of sp³-hybridized carbons (Fsp3) is 1.00. The second kappa shape index (κ2) is 15.4. The van der Waals surface area contributed by atoms with Gasteiger partial charge in [-0.3, -0.25) is 0 Å². The standard InChI is InChI=1S/C45H74O17/c1-39(2)26(60-38-33(30(52)23(49)18-58-38)61-37-32(54)29(51)22(48)17-57-37)9-11-45-19-44(45)13-12-41(5)34(43(7)10-8-27(62-43)40(3,4)55)20(46)15-42(41,6)25(44)14-24(35(39)45)59-36-31(53)28(50)21(47)16-56-36/h20-38,46-55H,8-19H2,1-7H3/t20-,21?,22?,23?,24-,25-,26-,27-,28?,29?,30?,31?,32?,33?,34-,35?,36?,37?,38?,41+,42-,43+,44-,45+/m0/s1. The van der Waals surface area contributed by atoms with Crippen molar-refractivity contribution in [3.05, 3.63) is 0 Å². The maximum absolute atomic E-state index is 12.3. The minimum absolute atomic E-state index is 0.0927. The lowest BCUT2D eigenvalue weighted by atomic mass is 9.41. The summed E-state index contributed by atoms with van der Waals surface area (Å²) in [6, 6.07) is 0. The molecule has 4 aliphatic heterocycles. The predicted octanol–water partition coefficient (Wildman–Crippen LogP) is -0.173. The van der Waals surface area contributed by atoms with E-state index in [2.05, 4.69) is 34.6 Å². The van der Waals surface area contributed by atoms with Crippen molar-refractivity contribution in [2.45, 2.75) is 216 Å². The Morgan fingerprint density at radius 3 is 1.74 bits per heavy atom. The van der Waals surface area contributed by atoms with Gasteiger partial charge >= 0.3 is 0 Å². The zero-order chi connectivity index (χ0) is 44.9. The zero-order valence-corrected chi connectivity index (χ0v) is 37.3. The molecular weight excluding hydrogens is 812 g/mol. The van der Waals surface area contributed by atoms with Gasteiger partial charge in [0.05, 0.1) is 55.4 Å². The molecular formula is C45H74O17. The first kappa shape index (κ1) is 46.4. The van der Waals surface area contributed by atoms with E-state index in [1.165, 1.54) is 0 Å². The third-order valence-corrected chi connectivity index (χ3v) is 18.9. The second-order valence-electron chi connectivity index (χ2n) is 23.0. The van der Waals surface area contributed by atoms with E-state index in [-0.39, 0.29) is 65.3 Å². The lowest BCUT2D eigenvalue weighted by Gasteiger charge is -2.65. The van der Waals surface area contributed by atoms with Gasteiger partial charge in [-0.2, -0.15) is 0 Å². The molecule has 17 nitrogen and oxygen atoms in total. The van der Waals surface area contributed by atoms with Gasteiger partial charge in [0.1, 0.15) is 54.9 Å². The topological polar surface area (TPSA) is 267 Å². The monoisotopic (exact) mass is 886 g/mol. The molecule has 24 atom stereocenters. The van der Waals surface area contributed by atoms with Crippen LogP contribution >= 0.6 is 0 Å². The summed E-state index contributed by atoms with van der Waals surface area (Å²) < 4.78 is 44.0. The van der Waals surface area contributed by atoms with E-state index >= 15 is 0 Å². The van der Waals surface area contributed by atoms with Gasteiger partial charge in [-0.05, 0) is 117 Å². The molecule has 9 rings (SSSR count). The number of fused-ring (bicyclic) bond motifs is 2. The Balaban J connectivity index is 1.03. The first-order valence-corrected chi connectivity index (χ1v) is 23.2. The Bertz CT molecular complexity index is 1660. The molecule has 0 bridgehead atoms. The normalized spacial score (nSPS) is 58.5. The van der Waals surface area contributed by atoms with E-state index in [0.717, 1.165) is 32.1 Å². The first-order valence-electron chi connectivity index (χ1n) is 23.2. The summed E-state index contributed by atoms with van der Waals surface area (Å²) in [5.41, 5.74) is -3.33. The minimum atomic E-state index is -1.65. The van der Waals surface area contributed by atoms with E-state index in [9.17, 15) is 51.1 Å². The molecule has 17 heteroatoms. The molecule has 0 amide bonds. The number of ether oxygens (including phenoxy) is 7. The van der Waals surface area contributed by atoms with Gasteiger partial charge in [-0.25, -0.2) is 0 Å². The molecule has 0 aromatic carbocycles. The molecule has 9 aliphatic rings. The molecule has 13 unspecified atom stereocenters. The third-order valence-electron chi connectivity index (χ3n) is 18.9. The van der Waals surface area contributed by atoms with Crippen LogP contribution in [0.3, 0.4) is 0 Å². The van der Waals surface area contributed by atoms with Gasteiger partial charge in [-0.15, -0.1) is 0 Å². The number of aliphatic hydroxyl groups excluding tert-OH is 9. The highest BCUT2D eigenvalue weighted by molar-refractivity contribution is 5.33. The van der Waals surface area contributed by atoms with E-state index in [1.54, 1.807) is 13.8 Å². The lowest BCUT2D eigenvalue weighted by Crippen LogP contribution is -2.65. The predicted molar refractivity (Wildman–Crippen MR) is 214 cm³/mol. The van der Waals surface area contributed by atoms with Crippen LogP contribution in [0.1, 0.15) is 106 Å². The maximum Gasteiger partial charge on any atom is 0.186 e. The quantitative estimate of drug-likeness (QED) is 0.142. The van der Waals surface area contributed by atoms with Crippen molar-refractivity contribution in [3.63, 3.8) is 0 Å². The van der Waals surface area contributed by atoms with Crippen LogP contribution in [-0.4, -0.2) is 180 Å². The van der Waals surface area contributed by atoms with Crippen LogP contribution < -0.4 is 0 Å². The molecule has 10 N–H and O–H groups in total. The summed E-state index contributed by atoms with van der Waals surface area (Å²) in [4.78, 5) is 0. The van der Waals surface area contributed by atoms with E-state index in [4.69, 9.17) is 33.2 Å². The van der Waals surface area contributed by atoms with Gasteiger partial charge in [0, 0.05) is 5.92 Å². The molecule has 0 radical (unpaired) electrons. The molecule has 9 fully saturated rings. The molecule has 5 aliphatic carbocycles. The molecule has 4 saturated heterocycles. The smallest absolute Gasteiger partial charge is 0.186 e. The Hall–Kier alpha value is -0.680. The van der Waals surface area contributed by atoms with E-state index in [0.29, 0.717) is 25.7 Å². The molecule has 356 valence electrons. The molecule has 5 saturated carbocycles. The minimum Gasteiger partial charge on any atom is -0.393 e. The average Bonchev–Trinajstić information content (AvgIpc) is 3.56. The largest absolute Gasteiger partial charge is 0.393 e. The highest BCUT2D eigenvalue weighted by Gasteiger charge is 2.85. The average molecular weight is 887 g/mol. The van der Waals surface area contributed by atoms with Crippen LogP contribution in [0.5, 0.6) is 0 Å². The Morgan fingerprint density at radius 1 is 0.565 bits per heavy atom. The maximum atomic E-state index is 12.3. The molecule has 62 heavy (non-hydrogen) atoms. The van der Waals surface area contributed by atoms with Gasteiger partial charge in [0.2, 0.25) is 0 Å². The number of rotatable bonds is 8. The fourth-order valence-electron chi connectivity index (χ4n) is 15.8. The second-order valence-corrected chi connectivity index (χ2v) is 23.0. The third kappa shape index (κ3) is 6.72. The number of hydrogen-bond donors (Lipinski definition) is 10. The van der Waals surface area contributed by atoms with Crippen molar-refractivity contribution in [1.29, 1.82) is 0 Å². The summed E-state index contributed by atoms with van der Waals surface area (Å²) in [6.07, 6.45) is -12.2. The van der Waals surface area contributed by atoms with Crippen LogP contribution in [0.15, 0.2) is 0 Å². The van der Waals surface area contributed by atoms with Crippen molar-refractivity contribution < 1.29 is 84.2 Å². The summed E-state index contributed by atoms with van der Waals surface area (Å²) in [5, 5.41) is 109. The number of hydrogen-bond acceptors (Lipinski definition) is 17. The van der Waals surface area contributed by atoms with Crippen molar-refractivity contribution in [1.82, 2.24) is 0 Å². The van der Waals surface area contributed by atoms with Crippen LogP contribution in [0.2, 0.25) is 0 Å². The van der Waals surface area contributed by atoms with Crippen LogP contribution in [0.25, 0.3) is 0 Å². The van der Waals surface area contributed by atoms with Gasteiger partial charge in [0.25, 0.3) is 0 Å². The van der Waals surface area contributed by atoms with Crippen molar-refractivity contribution in [2.75, 3.05) is 19.8 Å². The summed E-state index contributed by atoms with van der Waals surface area (Å²) in [7, 11) is 0. The van der Waals surface area contributed by atoms with Crippen LogP contribution in [0, 0.1) is 44.8 Å². The Kier molecular flexibility index (Phi) is 11.5. The van der Waals surface area contributed by atoms with E-state index < -0.39 is 109 Å². The van der Waals surface area contributed by atoms with Crippen molar-refractivity contribution in [2.24, 2.45) is 44.8 Å². The molecule has 0 aromatic rings.